The van der Waals surface area contributed by atoms with Crippen molar-refractivity contribution in [3.63, 3.8) is 0 Å². The molecule has 0 aromatic heterocycles. The van der Waals surface area contributed by atoms with Crippen LogP contribution in [0.15, 0.2) is 24.3 Å². The SMILES string of the molecule is CC(C)(C)OC(=O)OC(=O)OC(C)(C)C.NC(Cc1ccc(O)cc1)C(=O)O. The molecule has 1 unspecified atom stereocenters. The van der Waals surface area contributed by atoms with Gasteiger partial charge in [0.15, 0.2) is 0 Å². The van der Waals surface area contributed by atoms with E-state index in [0.717, 1.165) is 5.56 Å². The Morgan fingerprint density at radius 1 is 0.929 bits per heavy atom. The quantitative estimate of drug-likeness (QED) is 0.515. The summed E-state index contributed by atoms with van der Waals surface area (Å²) in [6.45, 7) is 10.0. The Balaban J connectivity index is 0.000000525. The minimum atomic E-state index is -1.06. The highest BCUT2D eigenvalue weighted by Gasteiger charge is 2.24. The third-order valence-corrected chi connectivity index (χ3v) is 2.65. The number of hydrogen-bond donors (Lipinski definition) is 3. The predicted octanol–water partition coefficient (Wildman–Crippen LogP) is 3.22. The minimum Gasteiger partial charge on any atom is -0.508 e. The molecule has 0 aliphatic heterocycles. The summed E-state index contributed by atoms with van der Waals surface area (Å²) in [4.78, 5) is 32.4. The van der Waals surface area contributed by atoms with E-state index in [0.29, 0.717) is 0 Å². The van der Waals surface area contributed by atoms with Crippen LogP contribution in [-0.4, -0.2) is 45.7 Å². The number of carbonyl (C=O) groups excluding carboxylic acids is 2. The highest BCUT2D eigenvalue weighted by Crippen LogP contribution is 2.12. The number of aromatic hydroxyl groups is 1. The van der Waals surface area contributed by atoms with E-state index in [1.807, 2.05) is 0 Å². The molecule has 0 fully saturated rings. The van der Waals surface area contributed by atoms with Crippen molar-refractivity contribution in [3.8, 4) is 5.75 Å². The molecule has 0 radical (unpaired) electrons. The average molecular weight is 399 g/mol. The van der Waals surface area contributed by atoms with Crippen LogP contribution in [0.1, 0.15) is 47.1 Å². The maximum absolute atomic E-state index is 11.0. The van der Waals surface area contributed by atoms with Gasteiger partial charge in [-0.1, -0.05) is 12.1 Å². The van der Waals surface area contributed by atoms with Gasteiger partial charge in [0.05, 0.1) is 0 Å². The zero-order valence-corrected chi connectivity index (χ0v) is 17.0. The Bertz CT molecular complexity index is 630. The zero-order chi connectivity index (χ0) is 22.1. The molecule has 0 aliphatic carbocycles. The highest BCUT2D eigenvalue weighted by atomic mass is 16.8. The number of benzene rings is 1. The molecule has 0 bridgehead atoms. The summed E-state index contributed by atoms with van der Waals surface area (Å²) < 4.78 is 13.8. The summed E-state index contributed by atoms with van der Waals surface area (Å²) in [5.41, 5.74) is 4.73. The molecule has 4 N–H and O–H groups in total. The number of phenolic OH excluding ortho intramolecular Hbond substituents is 1. The van der Waals surface area contributed by atoms with Crippen LogP contribution in [0.5, 0.6) is 5.75 Å². The molecular formula is C19H29NO8. The second kappa shape index (κ2) is 10.5. The fourth-order valence-corrected chi connectivity index (χ4v) is 1.58. The number of rotatable bonds is 3. The molecule has 158 valence electrons. The van der Waals surface area contributed by atoms with Gasteiger partial charge in [0.2, 0.25) is 0 Å². The van der Waals surface area contributed by atoms with Gasteiger partial charge >= 0.3 is 18.3 Å². The van der Waals surface area contributed by atoms with Crippen LogP contribution in [0.2, 0.25) is 0 Å². The van der Waals surface area contributed by atoms with Crippen molar-refractivity contribution in [1.82, 2.24) is 0 Å². The summed E-state index contributed by atoms with van der Waals surface area (Å²) >= 11 is 0. The summed E-state index contributed by atoms with van der Waals surface area (Å²) in [7, 11) is 0. The summed E-state index contributed by atoms with van der Waals surface area (Å²) in [6, 6.07) is 5.42. The van der Waals surface area contributed by atoms with Gasteiger partial charge in [-0.2, -0.15) is 0 Å². The van der Waals surface area contributed by atoms with Crippen LogP contribution in [0.4, 0.5) is 9.59 Å². The van der Waals surface area contributed by atoms with Crippen molar-refractivity contribution < 1.29 is 38.8 Å². The van der Waals surface area contributed by atoms with E-state index in [4.69, 9.17) is 25.4 Å². The molecule has 0 aliphatic rings. The van der Waals surface area contributed by atoms with Crippen molar-refractivity contribution in [3.05, 3.63) is 29.8 Å². The van der Waals surface area contributed by atoms with E-state index in [1.54, 1.807) is 53.7 Å². The molecule has 0 heterocycles. The van der Waals surface area contributed by atoms with Crippen molar-refractivity contribution in [2.75, 3.05) is 0 Å². The molecule has 0 amide bonds. The van der Waals surface area contributed by atoms with Crippen LogP contribution in [0, 0.1) is 0 Å². The van der Waals surface area contributed by atoms with E-state index >= 15 is 0 Å². The van der Waals surface area contributed by atoms with Gasteiger partial charge in [0, 0.05) is 0 Å². The monoisotopic (exact) mass is 399 g/mol. The summed E-state index contributed by atoms with van der Waals surface area (Å²) in [5, 5.41) is 17.5. The third kappa shape index (κ3) is 13.4. The van der Waals surface area contributed by atoms with Crippen LogP contribution in [0.25, 0.3) is 0 Å². The van der Waals surface area contributed by atoms with Gasteiger partial charge < -0.3 is 30.2 Å². The second-order valence-electron chi connectivity index (χ2n) is 7.85. The first-order chi connectivity index (χ1) is 12.6. The molecule has 1 aromatic carbocycles. The van der Waals surface area contributed by atoms with E-state index in [9.17, 15) is 14.4 Å². The van der Waals surface area contributed by atoms with E-state index in [-0.39, 0.29) is 12.2 Å². The summed E-state index contributed by atoms with van der Waals surface area (Å²) in [6.07, 6.45) is -1.84. The van der Waals surface area contributed by atoms with Gasteiger partial charge in [0.25, 0.3) is 0 Å². The van der Waals surface area contributed by atoms with Crippen LogP contribution in [0.3, 0.4) is 0 Å². The van der Waals surface area contributed by atoms with Gasteiger partial charge in [-0.3, -0.25) is 4.79 Å². The standard InChI is InChI=1S/C10H18O5.C9H11NO3/c1-9(2,3)14-7(11)13-8(12)15-10(4,5)6;10-8(9(12)13)5-6-1-3-7(11)4-2-6/h1-6H3;1-4,8,11H,5,10H2,(H,12,13). The molecule has 28 heavy (non-hydrogen) atoms. The van der Waals surface area contributed by atoms with E-state index in [2.05, 4.69) is 4.74 Å². The first-order valence-electron chi connectivity index (χ1n) is 8.49. The van der Waals surface area contributed by atoms with Crippen LogP contribution >= 0.6 is 0 Å². The molecule has 1 atom stereocenters. The number of phenols is 1. The van der Waals surface area contributed by atoms with Crippen molar-refractivity contribution in [2.45, 2.75) is 65.2 Å². The number of carbonyl (C=O) groups is 3. The first kappa shape index (κ1) is 25.2. The molecule has 1 aromatic rings. The van der Waals surface area contributed by atoms with E-state index < -0.39 is 35.5 Å². The molecule has 9 heteroatoms. The molecule has 0 saturated heterocycles. The Morgan fingerprint density at radius 2 is 1.32 bits per heavy atom. The maximum Gasteiger partial charge on any atom is 0.519 e. The molecule has 1 rings (SSSR count). The number of carboxylic acids is 1. The zero-order valence-electron chi connectivity index (χ0n) is 17.0. The lowest BCUT2D eigenvalue weighted by molar-refractivity contribution is -0.138. The normalized spacial score (nSPS) is 12.1. The second-order valence-corrected chi connectivity index (χ2v) is 7.85. The van der Waals surface area contributed by atoms with E-state index in [1.165, 1.54) is 12.1 Å². The molecule has 0 saturated carbocycles. The molecule has 9 nitrogen and oxygen atoms in total. The number of carboxylic acid groups (broad SMARTS) is 1. The molecule has 0 spiro atoms. The predicted molar refractivity (Wildman–Crippen MR) is 101 cm³/mol. The number of ether oxygens (including phenoxy) is 3. The van der Waals surface area contributed by atoms with Gasteiger partial charge in [-0.25, -0.2) is 9.59 Å². The Labute approximate surface area is 164 Å². The lowest BCUT2D eigenvalue weighted by atomic mass is 10.1. The van der Waals surface area contributed by atoms with Crippen LogP contribution < -0.4 is 5.73 Å². The van der Waals surface area contributed by atoms with Crippen molar-refractivity contribution >= 4 is 18.3 Å². The Hall–Kier alpha value is -2.81. The number of aliphatic carboxylic acids is 1. The Morgan fingerprint density at radius 3 is 1.64 bits per heavy atom. The highest BCUT2D eigenvalue weighted by molar-refractivity contribution is 5.77. The molecular weight excluding hydrogens is 370 g/mol. The first-order valence-corrected chi connectivity index (χ1v) is 8.49. The van der Waals surface area contributed by atoms with Gasteiger partial charge in [-0.05, 0) is 65.7 Å². The minimum absolute atomic E-state index is 0.160. The van der Waals surface area contributed by atoms with Gasteiger partial charge in [0.1, 0.15) is 23.0 Å². The topological polar surface area (TPSA) is 145 Å². The lowest BCUT2D eigenvalue weighted by Crippen LogP contribution is -2.32. The summed E-state index contributed by atoms with van der Waals surface area (Å²) in [5.74, 6) is -0.860. The van der Waals surface area contributed by atoms with Gasteiger partial charge in [-0.15, -0.1) is 0 Å². The average Bonchev–Trinajstić information content (AvgIpc) is 2.45. The van der Waals surface area contributed by atoms with Crippen LogP contribution in [-0.2, 0) is 25.4 Å². The lowest BCUT2D eigenvalue weighted by Gasteiger charge is -2.20. The largest absolute Gasteiger partial charge is 0.519 e. The fraction of sp³-hybridized carbons (Fsp3) is 0.526. The fourth-order valence-electron chi connectivity index (χ4n) is 1.58. The smallest absolute Gasteiger partial charge is 0.508 e. The third-order valence-electron chi connectivity index (χ3n) is 2.65. The maximum atomic E-state index is 11.0. The van der Waals surface area contributed by atoms with Crippen molar-refractivity contribution in [1.29, 1.82) is 0 Å². The van der Waals surface area contributed by atoms with Crippen molar-refractivity contribution in [2.24, 2.45) is 5.73 Å². The Kier molecular flexibility index (Phi) is 9.45. The number of nitrogens with two attached hydrogens (primary N) is 1. The number of hydrogen-bond acceptors (Lipinski definition) is 8.